The average Bonchev–Trinajstić information content (AvgIpc) is 3.54. The van der Waals surface area contributed by atoms with Crippen molar-refractivity contribution in [2.24, 2.45) is 0 Å². The minimum absolute atomic E-state index is 0.0371. The third-order valence-corrected chi connectivity index (χ3v) is 6.29. The molecule has 5 rings (SSSR count). The quantitative estimate of drug-likeness (QED) is 0.373. The van der Waals surface area contributed by atoms with E-state index in [0.29, 0.717) is 13.0 Å². The smallest absolute Gasteiger partial charge is 0.253 e. The van der Waals surface area contributed by atoms with Gasteiger partial charge in [-0.3, -0.25) is 4.79 Å². The Balaban J connectivity index is 1.50. The van der Waals surface area contributed by atoms with Crippen LogP contribution in [-0.2, 0) is 16.0 Å². The van der Waals surface area contributed by atoms with Crippen LogP contribution in [0.4, 0.5) is 5.69 Å². The molecule has 0 spiro atoms. The molecule has 1 aliphatic heterocycles. The summed E-state index contributed by atoms with van der Waals surface area (Å²) in [6.45, 7) is 2.31. The molecule has 1 fully saturated rings. The molecule has 33 heavy (non-hydrogen) atoms. The van der Waals surface area contributed by atoms with Crippen LogP contribution in [0.15, 0.2) is 82.2 Å². The number of nitrogens with two attached hydrogens (primary N) is 1. The molecule has 0 aliphatic carbocycles. The molecular formula is C25H23BrN4O3. The molecule has 0 radical (unpaired) electrons. The van der Waals surface area contributed by atoms with Crippen molar-refractivity contribution in [3.8, 4) is 16.9 Å². The minimum atomic E-state index is -0.546. The van der Waals surface area contributed by atoms with E-state index in [1.54, 1.807) is 29.0 Å². The third kappa shape index (κ3) is 4.31. The summed E-state index contributed by atoms with van der Waals surface area (Å²) >= 11 is 3.47. The lowest BCUT2D eigenvalue weighted by Gasteiger charge is -2.23. The van der Waals surface area contributed by atoms with Crippen molar-refractivity contribution >= 4 is 27.5 Å². The molecule has 2 aromatic carbocycles. The molecule has 1 saturated heterocycles. The Hall–Kier alpha value is -3.36. The minimum Gasteiger partial charge on any atom is -0.472 e. The lowest BCUT2D eigenvalue weighted by molar-refractivity contribution is -0.130. The molecule has 1 amide bonds. The summed E-state index contributed by atoms with van der Waals surface area (Å²) in [6, 6.07) is 17.4. The number of carbonyl (C=O) groups is 1. The van der Waals surface area contributed by atoms with Crippen molar-refractivity contribution in [3.05, 3.63) is 88.9 Å². The monoisotopic (exact) mass is 506 g/mol. The van der Waals surface area contributed by atoms with Crippen LogP contribution in [0.1, 0.15) is 24.3 Å². The molecule has 1 aliphatic rings. The van der Waals surface area contributed by atoms with Crippen LogP contribution in [0.5, 0.6) is 0 Å². The summed E-state index contributed by atoms with van der Waals surface area (Å²) in [6.07, 6.45) is 4.81. The predicted octanol–water partition coefficient (Wildman–Crippen LogP) is 4.97. The van der Waals surface area contributed by atoms with Crippen LogP contribution in [0.2, 0.25) is 0 Å². The fraction of sp³-hybridized carbons (Fsp3) is 0.200. The van der Waals surface area contributed by atoms with E-state index in [2.05, 4.69) is 15.9 Å². The van der Waals surface area contributed by atoms with E-state index < -0.39 is 12.3 Å². The Morgan fingerprint density at radius 2 is 1.85 bits per heavy atom. The second-order valence-electron chi connectivity index (χ2n) is 8.02. The first-order valence-corrected chi connectivity index (χ1v) is 11.5. The van der Waals surface area contributed by atoms with Crippen molar-refractivity contribution in [3.63, 3.8) is 0 Å². The van der Waals surface area contributed by atoms with Crippen LogP contribution in [-0.4, -0.2) is 33.2 Å². The zero-order valence-corrected chi connectivity index (χ0v) is 19.6. The number of halogens is 1. The summed E-state index contributed by atoms with van der Waals surface area (Å²) in [5.74, 6) is -0.0371. The standard InChI is InChI=1S/C25H23BrN4O3/c1-16-24(31)29(12-10-17-2-6-20(27)7-3-17)25(33-16)22-14-30(21-8-4-19(26)5-9-21)28-23(22)18-11-13-32-15-18/h2-9,11,13-16,25H,10,12,27H2,1H3/t16-,25+/m0/s1. The molecule has 7 nitrogen and oxygen atoms in total. The summed E-state index contributed by atoms with van der Waals surface area (Å²) in [5.41, 5.74) is 10.9. The summed E-state index contributed by atoms with van der Waals surface area (Å²) in [4.78, 5) is 14.8. The van der Waals surface area contributed by atoms with E-state index in [4.69, 9.17) is 20.0 Å². The molecular weight excluding hydrogens is 484 g/mol. The molecule has 0 bridgehead atoms. The Labute approximate surface area is 199 Å². The van der Waals surface area contributed by atoms with Gasteiger partial charge in [-0.15, -0.1) is 0 Å². The van der Waals surface area contributed by atoms with Crippen molar-refractivity contribution in [1.29, 1.82) is 0 Å². The molecule has 3 heterocycles. The van der Waals surface area contributed by atoms with E-state index in [1.165, 1.54) is 0 Å². The molecule has 0 unspecified atom stereocenters. The Morgan fingerprint density at radius 1 is 1.09 bits per heavy atom. The second kappa shape index (κ2) is 8.88. The van der Waals surface area contributed by atoms with Gasteiger partial charge in [-0.25, -0.2) is 4.68 Å². The fourth-order valence-electron chi connectivity index (χ4n) is 3.99. The topological polar surface area (TPSA) is 86.5 Å². The van der Waals surface area contributed by atoms with Crippen LogP contribution in [0.3, 0.4) is 0 Å². The van der Waals surface area contributed by atoms with E-state index >= 15 is 0 Å². The maximum atomic E-state index is 13.0. The van der Waals surface area contributed by atoms with Crippen molar-refractivity contribution in [2.45, 2.75) is 25.7 Å². The zero-order chi connectivity index (χ0) is 22.9. The van der Waals surface area contributed by atoms with Gasteiger partial charge in [0.25, 0.3) is 5.91 Å². The number of benzene rings is 2. The van der Waals surface area contributed by atoms with Crippen molar-refractivity contribution < 1.29 is 13.9 Å². The third-order valence-electron chi connectivity index (χ3n) is 5.76. The Bertz CT molecular complexity index is 1250. The number of ether oxygens (including phenoxy) is 1. The summed E-state index contributed by atoms with van der Waals surface area (Å²) in [7, 11) is 0. The van der Waals surface area contributed by atoms with Crippen LogP contribution >= 0.6 is 15.9 Å². The zero-order valence-electron chi connectivity index (χ0n) is 18.0. The molecule has 0 saturated carbocycles. The summed E-state index contributed by atoms with van der Waals surface area (Å²) in [5, 5.41) is 4.82. The first-order chi connectivity index (χ1) is 16.0. The molecule has 2 atom stereocenters. The number of anilines is 1. The first kappa shape index (κ1) is 21.5. The van der Waals surface area contributed by atoms with Gasteiger partial charge in [0.05, 0.1) is 18.2 Å². The number of nitrogen functional groups attached to an aromatic ring is 1. The van der Waals surface area contributed by atoms with Gasteiger partial charge in [0.2, 0.25) is 0 Å². The Kier molecular flexibility index (Phi) is 5.78. The van der Waals surface area contributed by atoms with Gasteiger partial charge in [0, 0.05) is 34.0 Å². The fourth-order valence-corrected chi connectivity index (χ4v) is 4.26. The highest BCUT2D eigenvalue weighted by Crippen LogP contribution is 2.37. The second-order valence-corrected chi connectivity index (χ2v) is 8.94. The van der Waals surface area contributed by atoms with Crippen LogP contribution < -0.4 is 5.73 Å². The molecule has 8 heteroatoms. The molecule has 4 aromatic rings. The maximum absolute atomic E-state index is 13.0. The maximum Gasteiger partial charge on any atom is 0.253 e. The van der Waals surface area contributed by atoms with Gasteiger partial charge >= 0.3 is 0 Å². The number of hydrogen-bond donors (Lipinski definition) is 1. The van der Waals surface area contributed by atoms with Gasteiger partial charge in [-0.2, -0.15) is 5.10 Å². The van der Waals surface area contributed by atoms with Gasteiger partial charge in [0.15, 0.2) is 6.23 Å². The SMILES string of the molecule is C[C@@H]1O[C@H](c2cn(-c3ccc(Br)cc3)nc2-c2ccoc2)N(CCc2ccc(N)cc2)C1=O. The predicted molar refractivity (Wildman–Crippen MR) is 129 cm³/mol. The van der Waals surface area contributed by atoms with E-state index in [9.17, 15) is 4.79 Å². The molecule has 168 valence electrons. The van der Waals surface area contributed by atoms with Crippen LogP contribution in [0.25, 0.3) is 16.9 Å². The number of furan rings is 1. The summed E-state index contributed by atoms with van der Waals surface area (Å²) < 4.78 is 14.3. The average molecular weight is 507 g/mol. The van der Waals surface area contributed by atoms with Crippen LogP contribution in [0, 0.1) is 0 Å². The van der Waals surface area contributed by atoms with E-state index in [-0.39, 0.29) is 5.91 Å². The highest BCUT2D eigenvalue weighted by Gasteiger charge is 2.40. The number of amides is 1. The normalized spacial score (nSPS) is 18.2. The first-order valence-electron chi connectivity index (χ1n) is 10.7. The lowest BCUT2D eigenvalue weighted by Crippen LogP contribution is -2.32. The van der Waals surface area contributed by atoms with Gasteiger partial charge in [-0.05, 0) is 61.4 Å². The number of carbonyl (C=O) groups excluding carboxylic acids is 1. The Morgan fingerprint density at radius 3 is 2.55 bits per heavy atom. The van der Waals surface area contributed by atoms with Gasteiger partial charge < -0.3 is 19.8 Å². The van der Waals surface area contributed by atoms with Crippen molar-refractivity contribution in [1.82, 2.24) is 14.7 Å². The lowest BCUT2D eigenvalue weighted by atomic mass is 10.1. The molecule has 2 N–H and O–H groups in total. The van der Waals surface area contributed by atoms with E-state index in [0.717, 1.165) is 38.2 Å². The molecule has 2 aromatic heterocycles. The van der Waals surface area contributed by atoms with Gasteiger partial charge in [0.1, 0.15) is 11.8 Å². The largest absolute Gasteiger partial charge is 0.472 e. The highest BCUT2D eigenvalue weighted by atomic mass is 79.9. The van der Waals surface area contributed by atoms with Gasteiger partial charge in [-0.1, -0.05) is 28.1 Å². The highest BCUT2D eigenvalue weighted by molar-refractivity contribution is 9.10. The number of rotatable bonds is 6. The number of nitrogens with zero attached hydrogens (tertiary/aromatic N) is 3. The van der Waals surface area contributed by atoms with E-state index in [1.807, 2.05) is 60.8 Å². The number of hydrogen-bond acceptors (Lipinski definition) is 5. The number of aromatic nitrogens is 2. The van der Waals surface area contributed by atoms with Crippen molar-refractivity contribution in [2.75, 3.05) is 12.3 Å².